The molecule has 0 bridgehead atoms. The SMILES string of the molecule is Cc1ccc(CNCCOc2cncc(Cl)c2)s1. The molecule has 2 heterocycles. The molecule has 0 aromatic carbocycles. The van der Waals surface area contributed by atoms with Crippen LogP contribution in [0.15, 0.2) is 30.6 Å². The van der Waals surface area contributed by atoms with Gasteiger partial charge in [-0.3, -0.25) is 4.98 Å². The molecule has 0 atom stereocenters. The summed E-state index contributed by atoms with van der Waals surface area (Å²) < 4.78 is 5.52. The number of nitrogens with one attached hydrogen (secondary N) is 1. The molecule has 0 spiro atoms. The van der Waals surface area contributed by atoms with Crippen molar-refractivity contribution < 1.29 is 4.74 Å². The summed E-state index contributed by atoms with van der Waals surface area (Å²) in [5, 5.41) is 3.92. The molecular formula is C13H15ClN2OS. The molecule has 0 aliphatic heterocycles. The highest BCUT2D eigenvalue weighted by molar-refractivity contribution is 7.11. The van der Waals surface area contributed by atoms with Crippen molar-refractivity contribution >= 4 is 22.9 Å². The van der Waals surface area contributed by atoms with Crippen molar-refractivity contribution in [1.29, 1.82) is 0 Å². The van der Waals surface area contributed by atoms with Gasteiger partial charge >= 0.3 is 0 Å². The van der Waals surface area contributed by atoms with E-state index in [9.17, 15) is 0 Å². The van der Waals surface area contributed by atoms with E-state index in [0.29, 0.717) is 17.4 Å². The molecule has 2 aromatic heterocycles. The van der Waals surface area contributed by atoms with Gasteiger partial charge in [-0.25, -0.2) is 0 Å². The lowest BCUT2D eigenvalue weighted by atomic mass is 10.4. The van der Waals surface area contributed by atoms with E-state index in [0.717, 1.165) is 13.1 Å². The summed E-state index contributed by atoms with van der Waals surface area (Å²) in [6.45, 7) is 4.40. The van der Waals surface area contributed by atoms with E-state index >= 15 is 0 Å². The second kappa shape index (κ2) is 6.73. The summed E-state index contributed by atoms with van der Waals surface area (Å²) in [5.74, 6) is 0.705. The molecule has 18 heavy (non-hydrogen) atoms. The second-order valence-corrected chi connectivity index (χ2v) is 5.69. The largest absolute Gasteiger partial charge is 0.491 e. The molecular weight excluding hydrogens is 268 g/mol. The van der Waals surface area contributed by atoms with Crippen molar-refractivity contribution in [2.24, 2.45) is 0 Å². The molecule has 0 saturated heterocycles. The quantitative estimate of drug-likeness (QED) is 0.826. The van der Waals surface area contributed by atoms with Gasteiger partial charge in [0.1, 0.15) is 12.4 Å². The van der Waals surface area contributed by atoms with Crippen molar-refractivity contribution in [3.63, 3.8) is 0 Å². The number of rotatable bonds is 6. The zero-order chi connectivity index (χ0) is 12.8. The first-order valence-electron chi connectivity index (χ1n) is 5.73. The van der Waals surface area contributed by atoms with Gasteiger partial charge in [0, 0.05) is 35.1 Å². The average Bonchev–Trinajstić information content (AvgIpc) is 2.75. The summed E-state index contributed by atoms with van der Waals surface area (Å²) in [6, 6.07) is 6.04. The molecule has 2 rings (SSSR count). The fourth-order valence-electron chi connectivity index (χ4n) is 1.50. The zero-order valence-corrected chi connectivity index (χ0v) is 11.7. The maximum Gasteiger partial charge on any atom is 0.139 e. The van der Waals surface area contributed by atoms with Crippen LogP contribution >= 0.6 is 22.9 Å². The zero-order valence-electron chi connectivity index (χ0n) is 10.1. The maximum absolute atomic E-state index is 5.81. The number of thiophene rings is 1. The first-order chi connectivity index (χ1) is 8.74. The average molecular weight is 283 g/mol. The Labute approximate surface area is 116 Å². The Bertz CT molecular complexity index is 501. The van der Waals surface area contributed by atoms with Crippen LogP contribution in [0.1, 0.15) is 9.75 Å². The highest BCUT2D eigenvalue weighted by atomic mass is 35.5. The van der Waals surface area contributed by atoms with Crippen molar-refractivity contribution in [3.8, 4) is 5.75 Å². The highest BCUT2D eigenvalue weighted by Crippen LogP contribution is 2.15. The topological polar surface area (TPSA) is 34.1 Å². The van der Waals surface area contributed by atoms with Gasteiger partial charge in [0.05, 0.1) is 11.2 Å². The summed E-state index contributed by atoms with van der Waals surface area (Å²) >= 11 is 7.62. The molecule has 2 aromatic rings. The second-order valence-electron chi connectivity index (χ2n) is 3.88. The Balaban J connectivity index is 1.64. The first kappa shape index (κ1) is 13.3. The summed E-state index contributed by atoms with van der Waals surface area (Å²) in [7, 11) is 0. The number of aryl methyl sites for hydroxylation is 1. The number of hydrogen-bond donors (Lipinski definition) is 1. The van der Waals surface area contributed by atoms with Crippen LogP contribution in [0.3, 0.4) is 0 Å². The van der Waals surface area contributed by atoms with Crippen LogP contribution in [-0.4, -0.2) is 18.1 Å². The van der Waals surface area contributed by atoms with Crippen LogP contribution in [-0.2, 0) is 6.54 Å². The third kappa shape index (κ3) is 4.29. The third-order valence-electron chi connectivity index (χ3n) is 2.32. The van der Waals surface area contributed by atoms with E-state index in [1.807, 2.05) is 11.3 Å². The van der Waals surface area contributed by atoms with Crippen molar-refractivity contribution in [1.82, 2.24) is 10.3 Å². The standard InChI is InChI=1S/C13H15ClN2OS/c1-10-2-3-13(18-10)9-15-4-5-17-12-6-11(14)7-16-8-12/h2-3,6-8,15H,4-5,9H2,1H3. The number of halogens is 1. The van der Waals surface area contributed by atoms with Crippen LogP contribution in [0.4, 0.5) is 0 Å². The van der Waals surface area contributed by atoms with Gasteiger partial charge in [0.15, 0.2) is 0 Å². The molecule has 1 N–H and O–H groups in total. The predicted molar refractivity (Wildman–Crippen MR) is 75.5 cm³/mol. The first-order valence-corrected chi connectivity index (χ1v) is 6.93. The predicted octanol–water partition coefficient (Wildman–Crippen LogP) is 3.27. The van der Waals surface area contributed by atoms with Crippen molar-refractivity contribution in [2.75, 3.05) is 13.2 Å². The van der Waals surface area contributed by atoms with Crippen LogP contribution in [0.2, 0.25) is 5.02 Å². The van der Waals surface area contributed by atoms with Gasteiger partial charge in [-0.1, -0.05) is 11.6 Å². The minimum atomic E-state index is 0.592. The third-order valence-corrected chi connectivity index (χ3v) is 3.53. The number of pyridine rings is 1. The fraction of sp³-hybridized carbons (Fsp3) is 0.308. The molecule has 96 valence electrons. The number of ether oxygens (including phenoxy) is 1. The summed E-state index contributed by atoms with van der Waals surface area (Å²) in [6.07, 6.45) is 3.25. The maximum atomic E-state index is 5.81. The fourth-order valence-corrected chi connectivity index (χ4v) is 2.53. The van der Waals surface area contributed by atoms with Crippen LogP contribution < -0.4 is 10.1 Å². The van der Waals surface area contributed by atoms with Gasteiger partial charge in [-0.05, 0) is 19.1 Å². The Hall–Kier alpha value is -1.10. The Kier molecular flexibility index (Phi) is 4.99. The van der Waals surface area contributed by atoms with Gasteiger partial charge in [0.25, 0.3) is 0 Å². The molecule has 5 heteroatoms. The lowest BCUT2D eigenvalue weighted by Crippen LogP contribution is -2.20. The van der Waals surface area contributed by atoms with Gasteiger partial charge in [0.2, 0.25) is 0 Å². The lowest BCUT2D eigenvalue weighted by Gasteiger charge is -2.06. The highest BCUT2D eigenvalue weighted by Gasteiger charge is 1.97. The smallest absolute Gasteiger partial charge is 0.139 e. The van der Waals surface area contributed by atoms with Gasteiger partial charge in [-0.2, -0.15) is 0 Å². The van der Waals surface area contributed by atoms with E-state index in [1.54, 1.807) is 18.5 Å². The van der Waals surface area contributed by atoms with Gasteiger partial charge in [-0.15, -0.1) is 11.3 Å². The Morgan fingerprint density at radius 2 is 2.28 bits per heavy atom. The number of aromatic nitrogens is 1. The normalized spacial score (nSPS) is 10.6. The number of hydrogen-bond acceptors (Lipinski definition) is 4. The Morgan fingerprint density at radius 1 is 1.39 bits per heavy atom. The van der Waals surface area contributed by atoms with Crippen LogP contribution in [0.25, 0.3) is 0 Å². The lowest BCUT2D eigenvalue weighted by molar-refractivity contribution is 0.312. The van der Waals surface area contributed by atoms with E-state index in [-0.39, 0.29) is 0 Å². The monoisotopic (exact) mass is 282 g/mol. The minimum Gasteiger partial charge on any atom is -0.491 e. The minimum absolute atomic E-state index is 0.592. The van der Waals surface area contributed by atoms with E-state index < -0.39 is 0 Å². The number of nitrogens with zero attached hydrogens (tertiary/aromatic N) is 1. The van der Waals surface area contributed by atoms with Crippen molar-refractivity contribution in [2.45, 2.75) is 13.5 Å². The van der Waals surface area contributed by atoms with Gasteiger partial charge < -0.3 is 10.1 Å². The molecule has 3 nitrogen and oxygen atoms in total. The molecule has 0 fully saturated rings. The molecule has 0 amide bonds. The van der Waals surface area contributed by atoms with Crippen LogP contribution in [0, 0.1) is 6.92 Å². The summed E-state index contributed by atoms with van der Waals surface area (Å²) in [4.78, 5) is 6.64. The Morgan fingerprint density at radius 3 is 3.00 bits per heavy atom. The molecule has 0 aliphatic carbocycles. The summed E-state index contributed by atoms with van der Waals surface area (Å²) in [5.41, 5.74) is 0. The van der Waals surface area contributed by atoms with Crippen LogP contribution in [0.5, 0.6) is 5.75 Å². The van der Waals surface area contributed by atoms with E-state index in [4.69, 9.17) is 16.3 Å². The molecule has 0 unspecified atom stereocenters. The molecule has 0 saturated carbocycles. The molecule has 0 aliphatic rings. The van der Waals surface area contributed by atoms with E-state index in [1.165, 1.54) is 9.75 Å². The molecule has 0 radical (unpaired) electrons. The van der Waals surface area contributed by atoms with E-state index in [2.05, 4.69) is 29.4 Å². The van der Waals surface area contributed by atoms with Crippen molar-refractivity contribution in [3.05, 3.63) is 45.4 Å².